The van der Waals surface area contributed by atoms with Crippen LogP contribution >= 0.6 is 11.3 Å². The topological polar surface area (TPSA) is 121 Å². The molecule has 1 amide bonds. The molecule has 0 saturated heterocycles. The average molecular weight is 374 g/mol. The Morgan fingerprint density at radius 3 is 2.62 bits per heavy atom. The van der Waals surface area contributed by atoms with Gasteiger partial charge in [-0.05, 0) is 24.1 Å². The lowest BCUT2D eigenvalue weighted by molar-refractivity contribution is -0.114. The predicted molar refractivity (Wildman–Crippen MR) is 85.4 cm³/mol. The van der Waals surface area contributed by atoms with Crippen molar-refractivity contribution in [3.05, 3.63) is 35.6 Å². The number of rotatable bonds is 7. The smallest absolute Gasteiger partial charge is 0.269 e. The lowest BCUT2D eigenvalue weighted by atomic mass is 10.1. The maximum Gasteiger partial charge on any atom is 0.269 e. The van der Waals surface area contributed by atoms with Crippen LogP contribution in [0.2, 0.25) is 0 Å². The average Bonchev–Trinajstić information content (AvgIpc) is 2.96. The number of aliphatic hydroxyl groups is 1. The van der Waals surface area contributed by atoms with E-state index in [9.17, 15) is 22.7 Å². The van der Waals surface area contributed by atoms with Gasteiger partial charge in [0.15, 0.2) is 0 Å². The van der Waals surface area contributed by atoms with Crippen molar-refractivity contribution in [2.45, 2.75) is 23.8 Å². The molecule has 1 aromatic heterocycles. The molecule has 0 fully saturated rings. The van der Waals surface area contributed by atoms with Crippen molar-refractivity contribution in [1.29, 1.82) is 0 Å². The maximum atomic E-state index is 12.8. The van der Waals surface area contributed by atoms with Crippen LogP contribution in [0.1, 0.15) is 25.0 Å². The zero-order valence-electron chi connectivity index (χ0n) is 12.6. The van der Waals surface area contributed by atoms with E-state index in [1.165, 1.54) is 31.2 Å². The standard InChI is InChI=1S/C13H15FN4O4S2/c1-8(19)16-12-17-18-13(23-12)24(21,22)15-7-6-11(20)9-2-4-10(14)5-3-9/h2-5,11,15,20H,6-7H2,1H3,(H,16,17,19). The summed E-state index contributed by atoms with van der Waals surface area (Å²) in [6.07, 6.45) is -0.833. The first-order valence-corrected chi connectivity index (χ1v) is 9.12. The van der Waals surface area contributed by atoms with Crippen molar-refractivity contribution in [3.8, 4) is 0 Å². The molecule has 0 saturated carbocycles. The zero-order chi connectivity index (χ0) is 17.7. The van der Waals surface area contributed by atoms with E-state index in [4.69, 9.17) is 0 Å². The number of hydrogen-bond donors (Lipinski definition) is 3. The molecule has 24 heavy (non-hydrogen) atoms. The minimum absolute atomic E-state index is 0.0457. The van der Waals surface area contributed by atoms with E-state index in [2.05, 4.69) is 20.2 Å². The number of halogens is 1. The van der Waals surface area contributed by atoms with Crippen molar-refractivity contribution in [1.82, 2.24) is 14.9 Å². The molecule has 1 atom stereocenters. The minimum atomic E-state index is -3.89. The number of carbonyl (C=O) groups is 1. The van der Waals surface area contributed by atoms with Crippen LogP contribution in [0.4, 0.5) is 9.52 Å². The third-order valence-corrected chi connectivity index (χ3v) is 5.55. The van der Waals surface area contributed by atoms with Gasteiger partial charge >= 0.3 is 0 Å². The summed E-state index contributed by atoms with van der Waals surface area (Å²) in [7, 11) is -3.89. The molecule has 0 bridgehead atoms. The fraction of sp³-hybridized carbons (Fsp3) is 0.308. The second-order valence-electron chi connectivity index (χ2n) is 4.81. The van der Waals surface area contributed by atoms with Crippen LogP contribution in [-0.2, 0) is 14.8 Å². The Balaban J connectivity index is 1.91. The lowest BCUT2D eigenvalue weighted by Gasteiger charge is -2.11. The molecular weight excluding hydrogens is 359 g/mol. The predicted octanol–water partition coefficient (Wildman–Crippen LogP) is 1.04. The van der Waals surface area contributed by atoms with Gasteiger partial charge in [0.25, 0.3) is 10.0 Å². The molecular formula is C13H15FN4O4S2. The van der Waals surface area contributed by atoms with E-state index in [1.54, 1.807) is 0 Å². The number of aliphatic hydroxyl groups excluding tert-OH is 1. The Morgan fingerprint density at radius 1 is 1.33 bits per heavy atom. The monoisotopic (exact) mass is 374 g/mol. The van der Waals surface area contributed by atoms with E-state index in [0.29, 0.717) is 16.9 Å². The second kappa shape index (κ2) is 7.75. The Labute approximate surface area is 141 Å². The summed E-state index contributed by atoms with van der Waals surface area (Å²) in [6, 6.07) is 5.29. The van der Waals surface area contributed by atoms with Gasteiger partial charge < -0.3 is 10.4 Å². The van der Waals surface area contributed by atoms with E-state index in [-0.39, 0.29) is 28.3 Å². The molecule has 0 aliphatic rings. The molecule has 0 aliphatic heterocycles. The third kappa shape index (κ3) is 5.03. The SMILES string of the molecule is CC(=O)Nc1nnc(S(=O)(=O)NCCC(O)c2ccc(F)cc2)s1. The quantitative estimate of drug-likeness (QED) is 0.623. The molecule has 2 rings (SSSR count). The highest BCUT2D eigenvalue weighted by molar-refractivity contribution is 7.91. The highest BCUT2D eigenvalue weighted by Gasteiger charge is 2.20. The highest BCUT2D eigenvalue weighted by Crippen LogP contribution is 2.20. The molecule has 0 spiro atoms. The van der Waals surface area contributed by atoms with Crippen LogP contribution < -0.4 is 10.0 Å². The Morgan fingerprint density at radius 2 is 2.00 bits per heavy atom. The number of nitrogens with one attached hydrogen (secondary N) is 2. The Hall–Kier alpha value is -1.95. The normalized spacial score (nSPS) is 12.8. The Kier molecular flexibility index (Phi) is 5.94. The van der Waals surface area contributed by atoms with E-state index in [1.807, 2.05) is 0 Å². The fourth-order valence-corrected chi connectivity index (χ4v) is 3.80. The van der Waals surface area contributed by atoms with Crippen LogP contribution in [0, 0.1) is 5.82 Å². The van der Waals surface area contributed by atoms with Crippen molar-refractivity contribution >= 4 is 32.4 Å². The number of aromatic nitrogens is 2. The fourth-order valence-electron chi connectivity index (χ4n) is 1.76. The summed E-state index contributed by atoms with van der Waals surface area (Å²) < 4.78 is 38.9. The minimum Gasteiger partial charge on any atom is -0.388 e. The number of carbonyl (C=O) groups excluding carboxylic acids is 1. The van der Waals surface area contributed by atoms with Crippen molar-refractivity contribution in [2.75, 3.05) is 11.9 Å². The molecule has 0 aliphatic carbocycles. The summed E-state index contributed by atoms with van der Waals surface area (Å²) in [5.41, 5.74) is 0.486. The largest absolute Gasteiger partial charge is 0.388 e. The van der Waals surface area contributed by atoms with Crippen LogP contribution in [-0.4, -0.2) is 36.2 Å². The molecule has 1 unspecified atom stereocenters. The number of benzene rings is 1. The van der Waals surface area contributed by atoms with Crippen LogP contribution in [0.3, 0.4) is 0 Å². The maximum absolute atomic E-state index is 12.8. The molecule has 2 aromatic rings. The first-order chi connectivity index (χ1) is 11.3. The number of anilines is 1. The summed E-state index contributed by atoms with van der Waals surface area (Å²) >= 11 is 0.716. The number of sulfonamides is 1. The van der Waals surface area contributed by atoms with E-state index < -0.39 is 21.9 Å². The second-order valence-corrected chi connectivity index (χ2v) is 7.73. The van der Waals surface area contributed by atoms with Crippen LogP contribution in [0.15, 0.2) is 28.6 Å². The first-order valence-electron chi connectivity index (χ1n) is 6.82. The van der Waals surface area contributed by atoms with Gasteiger partial charge in [-0.15, -0.1) is 10.2 Å². The molecule has 8 nitrogen and oxygen atoms in total. The van der Waals surface area contributed by atoms with Gasteiger partial charge in [0.05, 0.1) is 6.10 Å². The summed E-state index contributed by atoms with van der Waals surface area (Å²) in [4.78, 5) is 10.9. The summed E-state index contributed by atoms with van der Waals surface area (Å²) in [5, 5.41) is 19.4. The van der Waals surface area contributed by atoms with Gasteiger partial charge in [0, 0.05) is 13.5 Å². The number of hydrogen-bond acceptors (Lipinski definition) is 7. The van der Waals surface area contributed by atoms with Crippen LogP contribution in [0.5, 0.6) is 0 Å². The van der Waals surface area contributed by atoms with Gasteiger partial charge in [0.1, 0.15) is 5.82 Å². The summed E-state index contributed by atoms with van der Waals surface area (Å²) in [6.45, 7) is 1.22. The molecule has 1 heterocycles. The van der Waals surface area contributed by atoms with Gasteiger partial charge in [-0.1, -0.05) is 23.5 Å². The number of amides is 1. The van der Waals surface area contributed by atoms with Crippen molar-refractivity contribution in [2.24, 2.45) is 0 Å². The zero-order valence-corrected chi connectivity index (χ0v) is 14.2. The first kappa shape index (κ1) is 18.4. The highest BCUT2D eigenvalue weighted by atomic mass is 32.2. The van der Waals surface area contributed by atoms with Gasteiger partial charge in [0.2, 0.25) is 15.4 Å². The van der Waals surface area contributed by atoms with Gasteiger partial charge in [-0.2, -0.15) is 0 Å². The molecule has 3 N–H and O–H groups in total. The molecule has 1 aromatic carbocycles. The van der Waals surface area contributed by atoms with Crippen molar-refractivity contribution in [3.63, 3.8) is 0 Å². The van der Waals surface area contributed by atoms with E-state index in [0.717, 1.165) is 0 Å². The van der Waals surface area contributed by atoms with Gasteiger partial charge in [-0.25, -0.2) is 17.5 Å². The summed E-state index contributed by atoms with van der Waals surface area (Å²) in [5.74, 6) is -0.802. The van der Waals surface area contributed by atoms with Gasteiger partial charge in [-0.3, -0.25) is 4.79 Å². The van der Waals surface area contributed by atoms with Crippen molar-refractivity contribution < 1.29 is 22.7 Å². The number of nitrogens with zero attached hydrogens (tertiary/aromatic N) is 2. The Bertz CT molecular complexity index is 808. The lowest BCUT2D eigenvalue weighted by Crippen LogP contribution is -2.25. The molecule has 0 radical (unpaired) electrons. The molecule has 11 heteroatoms. The van der Waals surface area contributed by atoms with E-state index >= 15 is 0 Å². The van der Waals surface area contributed by atoms with Crippen LogP contribution in [0.25, 0.3) is 0 Å². The molecule has 130 valence electrons. The third-order valence-electron chi connectivity index (χ3n) is 2.88.